The number of carbonyl (C=O) groups excluding carboxylic acids is 2. The minimum atomic E-state index is -4.55. The third-order valence-electron chi connectivity index (χ3n) is 1.90. The molecule has 0 saturated heterocycles. The van der Waals surface area contributed by atoms with Gasteiger partial charge in [0.05, 0.1) is 5.56 Å². The molecule has 0 atom stereocenters. The summed E-state index contributed by atoms with van der Waals surface area (Å²) < 4.78 is 37.8. The molecule has 0 aliphatic carbocycles. The summed E-state index contributed by atoms with van der Waals surface area (Å²) in [6.45, 7) is 2.36. The third kappa shape index (κ3) is 4.08. The van der Waals surface area contributed by atoms with Gasteiger partial charge in [-0.1, -0.05) is 0 Å². The van der Waals surface area contributed by atoms with Gasteiger partial charge in [0.15, 0.2) is 0 Å². The highest BCUT2D eigenvalue weighted by molar-refractivity contribution is 5.92. The number of amides is 2. The molecule has 0 aromatic heterocycles. The van der Waals surface area contributed by atoms with Crippen molar-refractivity contribution in [1.82, 2.24) is 0 Å². The smallest absolute Gasteiger partial charge is 0.326 e. The number of halogens is 3. The zero-order valence-electron chi connectivity index (χ0n) is 9.68. The Morgan fingerprint density at radius 2 is 1.33 bits per heavy atom. The molecule has 98 valence electrons. The van der Waals surface area contributed by atoms with Gasteiger partial charge in [0.25, 0.3) is 0 Å². The standard InChI is InChI=1S/C11H11F3N2O2/c1-6(17)15-9-3-8(11(12,13)14)4-10(5-9)16-7(2)18/h3-5H,1-2H3,(H,15,17)(H,16,18). The summed E-state index contributed by atoms with van der Waals surface area (Å²) in [5.74, 6) is -0.994. The number of hydrogen-bond acceptors (Lipinski definition) is 2. The maximum atomic E-state index is 12.6. The largest absolute Gasteiger partial charge is 0.416 e. The van der Waals surface area contributed by atoms with E-state index in [4.69, 9.17) is 0 Å². The molecule has 0 heterocycles. The first kappa shape index (κ1) is 14.0. The van der Waals surface area contributed by atoms with Crippen LogP contribution >= 0.6 is 0 Å². The number of nitrogens with one attached hydrogen (secondary N) is 2. The first-order valence-corrected chi connectivity index (χ1v) is 4.96. The van der Waals surface area contributed by atoms with E-state index in [0.29, 0.717) is 0 Å². The van der Waals surface area contributed by atoms with Gasteiger partial charge in [-0.05, 0) is 18.2 Å². The van der Waals surface area contributed by atoms with Gasteiger partial charge in [0, 0.05) is 25.2 Å². The van der Waals surface area contributed by atoms with E-state index in [0.717, 1.165) is 12.1 Å². The van der Waals surface area contributed by atoms with Crippen LogP contribution in [0.4, 0.5) is 24.5 Å². The highest BCUT2D eigenvalue weighted by Gasteiger charge is 2.31. The van der Waals surface area contributed by atoms with E-state index in [-0.39, 0.29) is 11.4 Å². The van der Waals surface area contributed by atoms with Crippen LogP contribution in [0.1, 0.15) is 19.4 Å². The van der Waals surface area contributed by atoms with Crippen LogP contribution in [0.15, 0.2) is 18.2 Å². The quantitative estimate of drug-likeness (QED) is 0.858. The lowest BCUT2D eigenvalue weighted by Crippen LogP contribution is -2.12. The second kappa shape index (κ2) is 5.07. The average Bonchev–Trinajstić information content (AvgIpc) is 2.13. The molecule has 0 unspecified atom stereocenters. The van der Waals surface area contributed by atoms with Crippen molar-refractivity contribution in [2.45, 2.75) is 20.0 Å². The lowest BCUT2D eigenvalue weighted by Gasteiger charge is -2.12. The van der Waals surface area contributed by atoms with Crippen LogP contribution in [0.3, 0.4) is 0 Å². The second-order valence-corrected chi connectivity index (χ2v) is 3.66. The fourth-order valence-electron chi connectivity index (χ4n) is 1.34. The van der Waals surface area contributed by atoms with Crippen LogP contribution in [0, 0.1) is 0 Å². The molecule has 0 aliphatic heterocycles. The number of alkyl halides is 3. The lowest BCUT2D eigenvalue weighted by atomic mass is 10.1. The molecule has 18 heavy (non-hydrogen) atoms. The molecule has 2 amide bonds. The molecule has 1 aromatic carbocycles. The first-order chi connectivity index (χ1) is 8.18. The number of carbonyl (C=O) groups is 2. The van der Waals surface area contributed by atoms with Crippen LogP contribution in [-0.2, 0) is 15.8 Å². The Labute approximate surface area is 101 Å². The van der Waals surface area contributed by atoms with Crippen molar-refractivity contribution in [3.63, 3.8) is 0 Å². The molecule has 1 aromatic rings. The molecule has 0 aliphatic rings. The summed E-state index contributed by atoms with van der Waals surface area (Å²) in [6, 6.07) is 2.84. The minimum absolute atomic E-state index is 0.0268. The second-order valence-electron chi connectivity index (χ2n) is 3.66. The first-order valence-electron chi connectivity index (χ1n) is 4.96. The van der Waals surface area contributed by atoms with Crippen molar-refractivity contribution >= 4 is 23.2 Å². The molecule has 0 fully saturated rings. The van der Waals surface area contributed by atoms with Crippen molar-refractivity contribution in [1.29, 1.82) is 0 Å². The Morgan fingerprint density at radius 3 is 1.61 bits per heavy atom. The Morgan fingerprint density at radius 1 is 0.944 bits per heavy atom. The van der Waals surface area contributed by atoms with Gasteiger partial charge >= 0.3 is 6.18 Å². The summed E-state index contributed by atoms with van der Waals surface area (Å²) in [6.07, 6.45) is -4.55. The van der Waals surface area contributed by atoms with Crippen LogP contribution in [0.25, 0.3) is 0 Å². The Balaban J connectivity index is 3.19. The maximum Gasteiger partial charge on any atom is 0.416 e. The van der Waals surface area contributed by atoms with Crippen molar-refractivity contribution in [2.75, 3.05) is 10.6 Å². The van der Waals surface area contributed by atoms with Crippen LogP contribution in [-0.4, -0.2) is 11.8 Å². The molecule has 0 radical (unpaired) electrons. The molecule has 2 N–H and O–H groups in total. The molecule has 1 rings (SSSR count). The summed E-state index contributed by atoms with van der Waals surface area (Å²) >= 11 is 0. The predicted molar refractivity (Wildman–Crippen MR) is 60.1 cm³/mol. The van der Waals surface area contributed by atoms with E-state index in [1.165, 1.54) is 19.9 Å². The number of hydrogen-bond donors (Lipinski definition) is 2. The minimum Gasteiger partial charge on any atom is -0.326 e. The van der Waals surface area contributed by atoms with Gasteiger partial charge in [-0.25, -0.2) is 0 Å². The monoisotopic (exact) mass is 260 g/mol. The van der Waals surface area contributed by atoms with Gasteiger partial charge in [0.1, 0.15) is 0 Å². The van der Waals surface area contributed by atoms with E-state index < -0.39 is 23.6 Å². The van der Waals surface area contributed by atoms with Crippen LogP contribution < -0.4 is 10.6 Å². The molecule has 7 heteroatoms. The average molecular weight is 260 g/mol. The van der Waals surface area contributed by atoms with E-state index >= 15 is 0 Å². The van der Waals surface area contributed by atoms with Crippen LogP contribution in [0.5, 0.6) is 0 Å². The van der Waals surface area contributed by atoms with Gasteiger partial charge in [-0.3, -0.25) is 9.59 Å². The van der Waals surface area contributed by atoms with E-state index in [9.17, 15) is 22.8 Å². The zero-order chi connectivity index (χ0) is 13.9. The fourth-order valence-corrected chi connectivity index (χ4v) is 1.34. The molecule has 4 nitrogen and oxygen atoms in total. The zero-order valence-corrected chi connectivity index (χ0v) is 9.68. The van der Waals surface area contributed by atoms with Crippen molar-refractivity contribution in [3.05, 3.63) is 23.8 Å². The number of benzene rings is 1. The topological polar surface area (TPSA) is 58.2 Å². The predicted octanol–water partition coefficient (Wildman–Crippen LogP) is 2.62. The van der Waals surface area contributed by atoms with Gasteiger partial charge in [-0.2, -0.15) is 13.2 Å². The molecule has 0 spiro atoms. The lowest BCUT2D eigenvalue weighted by molar-refractivity contribution is -0.137. The SMILES string of the molecule is CC(=O)Nc1cc(NC(C)=O)cc(C(F)(F)F)c1. The molecular weight excluding hydrogens is 249 g/mol. The normalized spacial score (nSPS) is 10.9. The van der Waals surface area contributed by atoms with Gasteiger partial charge < -0.3 is 10.6 Å². The third-order valence-corrected chi connectivity index (χ3v) is 1.90. The summed E-state index contributed by atoms with van der Waals surface area (Å²) in [5, 5.41) is 4.48. The van der Waals surface area contributed by atoms with Gasteiger partial charge in [-0.15, -0.1) is 0 Å². The Hall–Kier alpha value is -2.05. The van der Waals surface area contributed by atoms with Crippen molar-refractivity contribution in [2.24, 2.45) is 0 Å². The number of rotatable bonds is 2. The molecular formula is C11H11F3N2O2. The highest BCUT2D eigenvalue weighted by Crippen LogP contribution is 2.33. The van der Waals surface area contributed by atoms with E-state index in [2.05, 4.69) is 10.6 Å². The van der Waals surface area contributed by atoms with E-state index in [1.54, 1.807) is 0 Å². The summed E-state index contributed by atoms with van der Waals surface area (Å²) in [4.78, 5) is 21.7. The Kier molecular flexibility index (Phi) is 3.95. The van der Waals surface area contributed by atoms with Gasteiger partial charge in [0.2, 0.25) is 11.8 Å². The highest BCUT2D eigenvalue weighted by atomic mass is 19.4. The summed E-state index contributed by atoms with van der Waals surface area (Å²) in [5.41, 5.74) is -1.00. The van der Waals surface area contributed by atoms with E-state index in [1.807, 2.05) is 0 Å². The molecule has 0 bridgehead atoms. The molecule has 0 saturated carbocycles. The van der Waals surface area contributed by atoms with Crippen molar-refractivity contribution in [3.8, 4) is 0 Å². The van der Waals surface area contributed by atoms with Crippen molar-refractivity contribution < 1.29 is 22.8 Å². The number of anilines is 2. The van der Waals surface area contributed by atoms with Crippen LogP contribution in [0.2, 0.25) is 0 Å². The maximum absolute atomic E-state index is 12.6. The fraction of sp³-hybridized carbons (Fsp3) is 0.273. The summed E-state index contributed by atoms with van der Waals surface area (Å²) in [7, 11) is 0. The Bertz CT molecular complexity index is 449.